The molecule has 1 aliphatic rings. The van der Waals surface area contributed by atoms with E-state index in [0.717, 1.165) is 17.8 Å². The van der Waals surface area contributed by atoms with Gasteiger partial charge in [-0.25, -0.2) is 8.42 Å². The van der Waals surface area contributed by atoms with Crippen LogP contribution in [0.5, 0.6) is 0 Å². The quantitative estimate of drug-likeness (QED) is 0.908. The summed E-state index contributed by atoms with van der Waals surface area (Å²) in [6.45, 7) is 5.59. The summed E-state index contributed by atoms with van der Waals surface area (Å²) in [5.74, 6) is 0. The number of thiophene rings is 1. The second kappa shape index (κ2) is 6.11. The number of rotatable bonds is 4. The monoisotopic (exact) mass is 318 g/mol. The fourth-order valence-corrected chi connectivity index (χ4v) is 5.51. The molecule has 1 atom stereocenters. The first-order valence-corrected chi connectivity index (χ1v) is 9.06. The second-order valence-corrected chi connectivity index (χ2v) is 8.44. The van der Waals surface area contributed by atoms with Crippen molar-refractivity contribution in [1.29, 1.82) is 0 Å². The van der Waals surface area contributed by atoms with Crippen molar-refractivity contribution in [3.8, 4) is 0 Å². The second-order valence-electron chi connectivity index (χ2n) is 5.20. The van der Waals surface area contributed by atoms with Crippen molar-refractivity contribution >= 4 is 21.4 Å². The van der Waals surface area contributed by atoms with Gasteiger partial charge in [0.25, 0.3) is 0 Å². The van der Waals surface area contributed by atoms with Crippen LogP contribution in [0.3, 0.4) is 0 Å². The predicted molar refractivity (Wildman–Crippen MR) is 80.4 cm³/mol. The number of aliphatic hydroxyl groups is 1. The molecule has 1 unspecified atom stereocenters. The molecule has 5 nitrogen and oxygen atoms in total. The SMILES string of the molecule is CCC1CN(S(=O)(=O)c2cc(CO)sc2C)CCN1C. The molecule has 1 aromatic heterocycles. The Morgan fingerprint density at radius 1 is 1.45 bits per heavy atom. The van der Waals surface area contributed by atoms with E-state index in [2.05, 4.69) is 11.8 Å². The highest BCUT2D eigenvalue weighted by Gasteiger charge is 2.33. The normalized spacial score (nSPS) is 22.3. The number of piperazine rings is 1. The van der Waals surface area contributed by atoms with Crippen molar-refractivity contribution in [2.24, 2.45) is 0 Å². The van der Waals surface area contributed by atoms with Crippen molar-refractivity contribution in [3.63, 3.8) is 0 Å². The molecule has 1 aromatic rings. The van der Waals surface area contributed by atoms with Crippen LogP contribution in [0.2, 0.25) is 0 Å². The molecule has 1 fully saturated rings. The summed E-state index contributed by atoms with van der Waals surface area (Å²) in [5, 5.41) is 9.16. The van der Waals surface area contributed by atoms with Gasteiger partial charge in [-0.3, -0.25) is 0 Å². The van der Waals surface area contributed by atoms with E-state index in [9.17, 15) is 8.42 Å². The van der Waals surface area contributed by atoms with Crippen LogP contribution in [0.25, 0.3) is 0 Å². The summed E-state index contributed by atoms with van der Waals surface area (Å²) in [5.41, 5.74) is 0. The fourth-order valence-electron chi connectivity index (χ4n) is 2.57. The number of aliphatic hydroxyl groups excluding tert-OH is 1. The van der Waals surface area contributed by atoms with Crippen LogP contribution in [0, 0.1) is 6.92 Å². The number of aryl methyl sites for hydroxylation is 1. The third kappa shape index (κ3) is 2.92. The van der Waals surface area contributed by atoms with Gasteiger partial charge in [0, 0.05) is 35.4 Å². The Kier molecular flexibility index (Phi) is 4.86. The number of hydrogen-bond acceptors (Lipinski definition) is 5. The molecule has 0 aliphatic carbocycles. The molecule has 0 saturated carbocycles. The molecule has 0 aromatic carbocycles. The standard InChI is InChI=1S/C13H22N2O3S2/c1-4-11-8-15(6-5-14(11)3)20(17,18)13-7-12(9-16)19-10(13)2/h7,11,16H,4-6,8-9H2,1-3H3. The molecule has 0 radical (unpaired) electrons. The number of likely N-dealkylation sites (N-methyl/N-ethyl adjacent to an activating group) is 1. The Bertz CT molecular complexity index is 568. The van der Waals surface area contributed by atoms with Gasteiger partial charge in [0.15, 0.2) is 0 Å². The molecule has 2 rings (SSSR count). The number of nitrogens with zero attached hydrogens (tertiary/aromatic N) is 2. The zero-order valence-corrected chi connectivity index (χ0v) is 13.8. The van der Waals surface area contributed by atoms with Crippen LogP contribution in [0.4, 0.5) is 0 Å². The maximum Gasteiger partial charge on any atom is 0.244 e. The topological polar surface area (TPSA) is 60.9 Å². The average Bonchev–Trinajstić information content (AvgIpc) is 2.81. The van der Waals surface area contributed by atoms with E-state index in [1.807, 2.05) is 7.05 Å². The van der Waals surface area contributed by atoms with Crippen molar-refractivity contribution < 1.29 is 13.5 Å². The van der Waals surface area contributed by atoms with Crippen molar-refractivity contribution in [3.05, 3.63) is 15.8 Å². The molecule has 2 heterocycles. The van der Waals surface area contributed by atoms with Gasteiger partial charge in [-0.15, -0.1) is 11.3 Å². The largest absolute Gasteiger partial charge is 0.391 e. The Hall–Kier alpha value is -0.470. The minimum Gasteiger partial charge on any atom is -0.391 e. The van der Waals surface area contributed by atoms with E-state index in [1.165, 1.54) is 11.3 Å². The van der Waals surface area contributed by atoms with Crippen molar-refractivity contribution in [2.45, 2.75) is 37.8 Å². The van der Waals surface area contributed by atoms with Crippen LogP contribution < -0.4 is 0 Å². The fraction of sp³-hybridized carbons (Fsp3) is 0.692. The maximum atomic E-state index is 12.7. The maximum absolute atomic E-state index is 12.7. The van der Waals surface area contributed by atoms with Gasteiger partial charge in [0.05, 0.1) is 11.5 Å². The first-order valence-electron chi connectivity index (χ1n) is 6.80. The molecule has 1 N–H and O–H groups in total. The van der Waals surface area contributed by atoms with Gasteiger partial charge in [0.2, 0.25) is 10.0 Å². The minimum absolute atomic E-state index is 0.110. The third-order valence-corrected chi connectivity index (χ3v) is 7.06. The van der Waals surface area contributed by atoms with Crippen LogP contribution >= 0.6 is 11.3 Å². The van der Waals surface area contributed by atoms with Gasteiger partial charge in [-0.2, -0.15) is 4.31 Å². The first-order chi connectivity index (χ1) is 9.40. The summed E-state index contributed by atoms with van der Waals surface area (Å²) < 4.78 is 27.1. The molecule has 1 saturated heterocycles. The molecule has 0 bridgehead atoms. The van der Waals surface area contributed by atoms with E-state index < -0.39 is 10.0 Å². The lowest BCUT2D eigenvalue weighted by Crippen LogP contribution is -2.52. The molecule has 1 aliphatic heterocycles. The highest BCUT2D eigenvalue weighted by molar-refractivity contribution is 7.89. The Morgan fingerprint density at radius 2 is 2.15 bits per heavy atom. The van der Waals surface area contributed by atoms with Crippen LogP contribution in [-0.2, 0) is 16.6 Å². The molecule has 0 amide bonds. The molecular formula is C13H22N2O3S2. The first kappa shape index (κ1) is 15.9. The number of hydrogen-bond donors (Lipinski definition) is 1. The van der Waals surface area contributed by atoms with E-state index in [4.69, 9.17) is 5.11 Å². The third-order valence-electron chi connectivity index (χ3n) is 3.91. The Morgan fingerprint density at radius 3 is 2.70 bits per heavy atom. The van der Waals surface area contributed by atoms with Gasteiger partial charge < -0.3 is 10.0 Å². The molecule has 0 spiro atoms. The van der Waals surface area contributed by atoms with Crippen LogP contribution in [-0.4, -0.2) is 55.5 Å². The number of sulfonamides is 1. The van der Waals surface area contributed by atoms with Crippen LogP contribution in [0.15, 0.2) is 11.0 Å². The van der Waals surface area contributed by atoms with Gasteiger partial charge in [0.1, 0.15) is 0 Å². The summed E-state index contributed by atoms with van der Waals surface area (Å²) in [6, 6.07) is 1.88. The van der Waals surface area contributed by atoms with Gasteiger partial charge in [-0.05, 0) is 26.5 Å². The molecule has 114 valence electrons. The van der Waals surface area contributed by atoms with E-state index in [0.29, 0.717) is 22.9 Å². The lowest BCUT2D eigenvalue weighted by Gasteiger charge is -2.38. The summed E-state index contributed by atoms with van der Waals surface area (Å²) in [6.07, 6.45) is 0.938. The summed E-state index contributed by atoms with van der Waals surface area (Å²) in [7, 11) is -1.40. The van der Waals surface area contributed by atoms with E-state index >= 15 is 0 Å². The summed E-state index contributed by atoms with van der Waals surface area (Å²) >= 11 is 1.35. The van der Waals surface area contributed by atoms with Gasteiger partial charge >= 0.3 is 0 Å². The minimum atomic E-state index is -3.44. The van der Waals surface area contributed by atoms with Crippen molar-refractivity contribution in [2.75, 3.05) is 26.7 Å². The van der Waals surface area contributed by atoms with Crippen molar-refractivity contribution in [1.82, 2.24) is 9.21 Å². The molecular weight excluding hydrogens is 296 g/mol. The van der Waals surface area contributed by atoms with Crippen LogP contribution in [0.1, 0.15) is 23.1 Å². The predicted octanol–water partition coefficient (Wildman–Crippen LogP) is 1.26. The van der Waals surface area contributed by atoms with E-state index in [1.54, 1.807) is 17.3 Å². The van der Waals surface area contributed by atoms with Gasteiger partial charge in [-0.1, -0.05) is 6.92 Å². The Labute approximate surface area is 124 Å². The molecule has 7 heteroatoms. The highest BCUT2D eigenvalue weighted by atomic mass is 32.2. The Balaban J connectivity index is 2.28. The molecule has 20 heavy (non-hydrogen) atoms. The van der Waals surface area contributed by atoms with E-state index in [-0.39, 0.29) is 12.6 Å². The lowest BCUT2D eigenvalue weighted by atomic mass is 10.1. The highest BCUT2D eigenvalue weighted by Crippen LogP contribution is 2.29. The smallest absolute Gasteiger partial charge is 0.244 e. The zero-order valence-electron chi connectivity index (χ0n) is 12.2. The zero-order chi connectivity index (χ0) is 14.9. The lowest BCUT2D eigenvalue weighted by molar-refractivity contribution is 0.144. The summed E-state index contributed by atoms with van der Waals surface area (Å²) in [4.78, 5) is 4.01. The average molecular weight is 318 g/mol.